The number of nitrogens with zero attached hydrogens (tertiary/aromatic N) is 4. The Morgan fingerprint density at radius 1 is 1.28 bits per heavy atom. The molecule has 1 saturated heterocycles. The minimum atomic E-state index is -0.444. The maximum atomic E-state index is 13.6. The van der Waals surface area contributed by atoms with Crippen LogP contribution in [0.15, 0.2) is 18.2 Å². The van der Waals surface area contributed by atoms with Gasteiger partial charge in [-0.15, -0.1) is 0 Å². The van der Waals surface area contributed by atoms with Crippen molar-refractivity contribution in [2.24, 2.45) is 7.05 Å². The van der Waals surface area contributed by atoms with E-state index in [0.29, 0.717) is 6.04 Å². The monoisotopic (exact) mass is 338 g/mol. The third-order valence-corrected chi connectivity index (χ3v) is 5.61. The van der Waals surface area contributed by atoms with Gasteiger partial charge in [-0.2, -0.15) is 5.26 Å². The molecule has 0 radical (unpaired) electrons. The topological polar surface area (TPSA) is 44.9 Å². The van der Waals surface area contributed by atoms with Crippen LogP contribution in [0.25, 0.3) is 0 Å². The Hall–Kier alpha value is -2.19. The molecule has 1 atom stereocenters. The molecule has 0 bridgehead atoms. The summed E-state index contributed by atoms with van der Waals surface area (Å²) in [6, 6.07) is 7.11. The van der Waals surface area contributed by atoms with E-state index < -0.39 is 5.82 Å². The molecular formula is C20H23FN4. The first-order valence-electron chi connectivity index (χ1n) is 9.14. The number of hydrogen-bond donors (Lipinski definition) is 0. The van der Waals surface area contributed by atoms with Gasteiger partial charge in [-0.3, -0.25) is 4.90 Å². The summed E-state index contributed by atoms with van der Waals surface area (Å²) >= 11 is 0. The van der Waals surface area contributed by atoms with E-state index in [1.54, 1.807) is 12.1 Å². The molecule has 2 aliphatic rings. The lowest BCUT2D eigenvalue weighted by molar-refractivity contribution is 0.236. The van der Waals surface area contributed by atoms with Crippen molar-refractivity contribution >= 4 is 0 Å². The lowest BCUT2D eigenvalue weighted by Crippen LogP contribution is -2.25. The van der Waals surface area contributed by atoms with Crippen LogP contribution in [0.4, 0.5) is 4.39 Å². The molecule has 1 aliphatic heterocycles. The van der Waals surface area contributed by atoms with Crippen LogP contribution in [-0.4, -0.2) is 21.0 Å². The first-order valence-corrected chi connectivity index (χ1v) is 9.14. The third-order valence-electron chi connectivity index (χ3n) is 5.61. The molecule has 1 aliphatic carbocycles. The van der Waals surface area contributed by atoms with E-state index in [1.807, 2.05) is 6.07 Å². The summed E-state index contributed by atoms with van der Waals surface area (Å²) < 4.78 is 15.9. The van der Waals surface area contributed by atoms with E-state index >= 15 is 0 Å². The summed E-state index contributed by atoms with van der Waals surface area (Å²) in [6.45, 7) is 1.75. The van der Waals surface area contributed by atoms with E-state index in [1.165, 1.54) is 36.1 Å². The highest BCUT2D eigenvalue weighted by Gasteiger charge is 2.31. The van der Waals surface area contributed by atoms with Crippen molar-refractivity contribution in [3.8, 4) is 6.07 Å². The van der Waals surface area contributed by atoms with Crippen molar-refractivity contribution < 1.29 is 4.39 Å². The van der Waals surface area contributed by atoms with Crippen LogP contribution in [0.1, 0.15) is 60.1 Å². The van der Waals surface area contributed by atoms with E-state index in [-0.39, 0.29) is 5.56 Å². The molecule has 5 heteroatoms. The van der Waals surface area contributed by atoms with E-state index in [0.717, 1.165) is 44.3 Å². The van der Waals surface area contributed by atoms with Crippen LogP contribution in [0, 0.1) is 17.1 Å². The van der Waals surface area contributed by atoms with Crippen LogP contribution in [0.2, 0.25) is 0 Å². The average molecular weight is 338 g/mol. The summed E-state index contributed by atoms with van der Waals surface area (Å²) in [7, 11) is 2.15. The molecule has 2 heterocycles. The molecule has 25 heavy (non-hydrogen) atoms. The number of likely N-dealkylation sites (tertiary alicyclic amines) is 1. The van der Waals surface area contributed by atoms with E-state index in [9.17, 15) is 4.39 Å². The van der Waals surface area contributed by atoms with Gasteiger partial charge in [-0.05, 0) is 62.8 Å². The normalized spacial score (nSPS) is 20.4. The van der Waals surface area contributed by atoms with Gasteiger partial charge in [0.1, 0.15) is 17.7 Å². The van der Waals surface area contributed by atoms with E-state index in [2.05, 4.69) is 16.5 Å². The molecule has 0 saturated carbocycles. The highest BCUT2D eigenvalue weighted by Crippen LogP contribution is 2.34. The zero-order chi connectivity index (χ0) is 17.4. The molecule has 2 aromatic rings. The molecule has 1 aromatic heterocycles. The van der Waals surface area contributed by atoms with Crippen molar-refractivity contribution in [1.82, 2.24) is 14.5 Å². The molecule has 1 fully saturated rings. The summed E-state index contributed by atoms with van der Waals surface area (Å²) in [5.74, 6) is 0.730. The number of fused-ring (bicyclic) bond motifs is 1. The van der Waals surface area contributed by atoms with Crippen molar-refractivity contribution in [3.63, 3.8) is 0 Å². The number of imidazole rings is 1. The van der Waals surface area contributed by atoms with Gasteiger partial charge >= 0.3 is 0 Å². The van der Waals surface area contributed by atoms with Crippen LogP contribution in [0.3, 0.4) is 0 Å². The Balaban J connectivity index is 1.59. The molecule has 0 amide bonds. The predicted octanol–water partition coefficient (Wildman–Crippen LogP) is 3.65. The van der Waals surface area contributed by atoms with Gasteiger partial charge in [0.2, 0.25) is 0 Å². The van der Waals surface area contributed by atoms with E-state index in [4.69, 9.17) is 10.2 Å². The summed E-state index contributed by atoms with van der Waals surface area (Å²) in [4.78, 5) is 7.40. The number of aromatic nitrogens is 2. The Bertz CT molecular complexity index is 833. The standard InChI is InChI=1S/C20H23FN4/c1-24-18-6-3-2-5-17(18)23-20(24)19-7-4-10-25(19)13-14-8-9-16(21)15(11-14)12-22/h8-9,11,19H,2-7,10,13H2,1H3. The third kappa shape index (κ3) is 2.96. The van der Waals surface area contributed by atoms with Crippen LogP contribution < -0.4 is 0 Å². The largest absolute Gasteiger partial charge is 0.334 e. The van der Waals surface area contributed by atoms with Crippen molar-refractivity contribution in [1.29, 1.82) is 5.26 Å². The van der Waals surface area contributed by atoms with Crippen LogP contribution in [0.5, 0.6) is 0 Å². The quantitative estimate of drug-likeness (QED) is 0.858. The fraction of sp³-hybridized carbons (Fsp3) is 0.500. The first-order chi connectivity index (χ1) is 12.2. The van der Waals surface area contributed by atoms with Gasteiger partial charge in [0.15, 0.2) is 0 Å². The maximum Gasteiger partial charge on any atom is 0.140 e. The van der Waals surface area contributed by atoms with Gasteiger partial charge in [0.05, 0.1) is 17.3 Å². The number of halogens is 1. The zero-order valence-electron chi connectivity index (χ0n) is 14.6. The lowest BCUT2D eigenvalue weighted by atomic mass is 10.0. The zero-order valence-corrected chi connectivity index (χ0v) is 14.6. The minimum absolute atomic E-state index is 0.126. The molecule has 0 N–H and O–H groups in total. The summed E-state index contributed by atoms with van der Waals surface area (Å²) in [5.41, 5.74) is 3.80. The fourth-order valence-corrected chi connectivity index (χ4v) is 4.30. The molecular weight excluding hydrogens is 315 g/mol. The van der Waals surface area contributed by atoms with Crippen LogP contribution >= 0.6 is 0 Å². The van der Waals surface area contributed by atoms with Crippen molar-refractivity contribution in [3.05, 3.63) is 52.4 Å². The molecule has 4 nitrogen and oxygen atoms in total. The van der Waals surface area contributed by atoms with Gasteiger partial charge < -0.3 is 4.57 Å². The number of nitriles is 1. The lowest BCUT2D eigenvalue weighted by Gasteiger charge is -2.24. The highest BCUT2D eigenvalue weighted by molar-refractivity contribution is 5.34. The SMILES string of the molecule is Cn1c(C2CCCN2Cc2ccc(F)c(C#N)c2)nc2c1CCCC2. The first kappa shape index (κ1) is 16.3. The molecule has 1 aromatic carbocycles. The van der Waals surface area contributed by atoms with Crippen molar-refractivity contribution in [2.75, 3.05) is 6.54 Å². The van der Waals surface area contributed by atoms with Gasteiger partial charge in [0.25, 0.3) is 0 Å². The van der Waals surface area contributed by atoms with Gasteiger partial charge in [-0.25, -0.2) is 9.37 Å². The predicted molar refractivity (Wildman–Crippen MR) is 93.4 cm³/mol. The average Bonchev–Trinajstić information content (AvgIpc) is 3.21. The van der Waals surface area contributed by atoms with Gasteiger partial charge in [-0.1, -0.05) is 6.07 Å². The Morgan fingerprint density at radius 2 is 2.12 bits per heavy atom. The molecule has 130 valence electrons. The Kier molecular flexibility index (Phi) is 4.30. The second kappa shape index (κ2) is 6.61. The number of hydrogen-bond acceptors (Lipinski definition) is 3. The minimum Gasteiger partial charge on any atom is -0.334 e. The summed E-state index contributed by atoms with van der Waals surface area (Å²) in [5, 5.41) is 9.05. The van der Waals surface area contributed by atoms with Gasteiger partial charge in [0, 0.05) is 19.3 Å². The Morgan fingerprint density at radius 3 is 2.92 bits per heavy atom. The van der Waals surface area contributed by atoms with Crippen LogP contribution in [-0.2, 0) is 26.4 Å². The number of rotatable bonds is 3. The molecule has 0 spiro atoms. The Labute approximate surface area is 147 Å². The fourth-order valence-electron chi connectivity index (χ4n) is 4.30. The maximum absolute atomic E-state index is 13.6. The smallest absolute Gasteiger partial charge is 0.140 e. The number of aryl methyl sites for hydroxylation is 1. The number of benzene rings is 1. The molecule has 4 rings (SSSR count). The highest BCUT2D eigenvalue weighted by atomic mass is 19.1. The second-order valence-corrected chi connectivity index (χ2v) is 7.18. The second-order valence-electron chi connectivity index (χ2n) is 7.18. The molecule has 1 unspecified atom stereocenters. The van der Waals surface area contributed by atoms with Crippen molar-refractivity contribution in [2.45, 2.75) is 51.1 Å². The summed E-state index contributed by atoms with van der Waals surface area (Å²) in [6.07, 6.45) is 6.98.